The monoisotopic (exact) mass is 412 g/mol. The van der Waals surface area contributed by atoms with Gasteiger partial charge in [-0.25, -0.2) is 4.39 Å². The van der Waals surface area contributed by atoms with Crippen LogP contribution in [0.25, 0.3) is 0 Å². The average molecular weight is 413 g/mol. The van der Waals surface area contributed by atoms with Crippen molar-refractivity contribution >= 4 is 23.4 Å². The molecule has 148 valence electrons. The van der Waals surface area contributed by atoms with Crippen molar-refractivity contribution in [3.05, 3.63) is 100 Å². The third-order valence-corrected chi connectivity index (χ3v) is 4.26. The van der Waals surface area contributed by atoms with Crippen LogP contribution in [0.2, 0.25) is 5.02 Å². The summed E-state index contributed by atoms with van der Waals surface area (Å²) in [7, 11) is 0. The number of rotatable bonds is 6. The van der Waals surface area contributed by atoms with Crippen LogP contribution < -0.4 is 15.6 Å². The van der Waals surface area contributed by atoms with Gasteiger partial charge in [0, 0.05) is 10.6 Å². The van der Waals surface area contributed by atoms with Crippen LogP contribution in [0.4, 0.5) is 4.39 Å². The lowest BCUT2D eigenvalue weighted by molar-refractivity contribution is -0.121. The highest BCUT2D eigenvalue weighted by molar-refractivity contribution is 6.30. The van der Waals surface area contributed by atoms with E-state index < -0.39 is 17.6 Å². The highest BCUT2D eigenvalue weighted by atomic mass is 35.5. The number of carbonyl (C=O) groups is 2. The molecular weight excluding hydrogens is 395 g/mol. The van der Waals surface area contributed by atoms with Gasteiger partial charge in [0.15, 0.2) is 0 Å². The van der Waals surface area contributed by atoms with E-state index in [9.17, 15) is 14.0 Å². The molecular formula is C22H18ClFN2O3. The highest BCUT2D eigenvalue weighted by Crippen LogP contribution is 2.17. The lowest BCUT2D eigenvalue weighted by Gasteiger charge is -2.09. The lowest BCUT2D eigenvalue weighted by atomic mass is 10.1. The molecule has 0 aliphatic carbocycles. The maximum absolute atomic E-state index is 13.1. The van der Waals surface area contributed by atoms with Crippen LogP contribution in [0.1, 0.15) is 21.5 Å². The van der Waals surface area contributed by atoms with Crippen LogP contribution in [-0.2, 0) is 17.8 Å². The minimum Gasteiger partial charge on any atom is -0.489 e. The summed E-state index contributed by atoms with van der Waals surface area (Å²) in [4.78, 5) is 24.0. The molecule has 3 aromatic carbocycles. The summed E-state index contributed by atoms with van der Waals surface area (Å²) in [5.41, 5.74) is 6.44. The molecule has 0 aromatic heterocycles. The van der Waals surface area contributed by atoms with Gasteiger partial charge >= 0.3 is 0 Å². The predicted molar refractivity (Wildman–Crippen MR) is 108 cm³/mol. The summed E-state index contributed by atoms with van der Waals surface area (Å²) < 4.78 is 18.8. The third-order valence-electron chi connectivity index (χ3n) is 4.00. The van der Waals surface area contributed by atoms with E-state index in [1.165, 1.54) is 18.2 Å². The molecule has 2 amide bonds. The predicted octanol–water partition coefficient (Wildman–Crippen LogP) is 4.06. The van der Waals surface area contributed by atoms with E-state index in [0.717, 1.165) is 5.56 Å². The first kappa shape index (κ1) is 20.4. The molecule has 0 atom stereocenters. The number of hydrogen-bond acceptors (Lipinski definition) is 3. The standard InChI is InChI=1S/C22H18ClFN2O3/c23-18-8-10-20(11-9-18)29-14-15-4-6-17(7-5-15)22(28)26-25-21(27)13-16-2-1-3-19(24)12-16/h1-12H,13-14H2,(H,25,27)(H,26,28). The zero-order valence-electron chi connectivity index (χ0n) is 15.3. The van der Waals surface area contributed by atoms with Crippen molar-refractivity contribution in [2.45, 2.75) is 13.0 Å². The Kier molecular flexibility index (Phi) is 6.81. The number of ether oxygens (including phenoxy) is 1. The molecule has 0 bridgehead atoms. The fraction of sp³-hybridized carbons (Fsp3) is 0.0909. The largest absolute Gasteiger partial charge is 0.489 e. The molecule has 3 rings (SSSR count). The van der Waals surface area contributed by atoms with Crippen LogP contribution >= 0.6 is 11.6 Å². The normalized spacial score (nSPS) is 10.3. The van der Waals surface area contributed by atoms with Crippen LogP contribution in [0.15, 0.2) is 72.8 Å². The van der Waals surface area contributed by atoms with Crippen molar-refractivity contribution in [2.24, 2.45) is 0 Å². The maximum atomic E-state index is 13.1. The molecule has 0 saturated carbocycles. The van der Waals surface area contributed by atoms with Crippen molar-refractivity contribution in [1.82, 2.24) is 10.9 Å². The van der Waals surface area contributed by atoms with E-state index in [2.05, 4.69) is 10.9 Å². The Bertz CT molecular complexity index is 992. The Labute approximate surface area is 172 Å². The number of halogens is 2. The lowest BCUT2D eigenvalue weighted by Crippen LogP contribution is -2.42. The number of benzene rings is 3. The van der Waals surface area contributed by atoms with Crippen molar-refractivity contribution in [3.63, 3.8) is 0 Å². The first-order valence-electron chi connectivity index (χ1n) is 8.80. The second-order valence-electron chi connectivity index (χ2n) is 6.25. The molecule has 29 heavy (non-hydrogen) atoms. The maximum Gasteiger partial charge on any atom is 0.269 e. The summed E-state index contributed by atoms with van der Waals surface area (Å²) in [5, 5.41) is 0.635. The van der Waals surface area contributed by atoms with Crippen LogP contribution in [0.5, 0.6) is 5.75 Å². The van der Waals surface area contributed by atoms with Gasteiger partial charge in [0.25, 0.3) is 5.91 Å². The molecule has 0 aliphatic rings. The Balaban J connectivity index is 1.47. The number of carbonyl (C=O) groups excluding carboxylic acids is 2. The number of hydrazine groups is 1. The van der Waals surface area contributed by atoms with Gasteiger partial charge in [0.05, 0.1) is 6.42 Å². The van der Waals surface area contributed by atoms with Crippen molar-refractivity contribution in [2.75, 3.05) is 0 Å². The minimum atomic E-state index is -0.456. The van der Waals surface area contributed by atoms with E-state index >= 15 is 0 Å². The van der Waals surface area contributed by atoms with Gasteiger partial charge in [0.1, 0.15) is 18.2 Å². The second kappa shape index (κ2) is 9.71. The van der Waals surface area contributed by atoms with Gasteiger partial charge in [-0.15, -0.1) is 0 Å². The first-order chi connectivity index (χ1) is 14.0. The molecule has 0 aliphatic heterocycles. The van der Waals surface area contributed by atoms with E-state index in [1.54, 1.807) is 54.6 Å². The van der Waals surface area contributed by atoms with Gasteiger partial charge < -0.3 is 4.74 Å². The summed E-state index contributed by atoms with van der Waals surface area (Å²) in [6.45, 7) is 0.341. The number of nitrogens with one attached hydrogen (secondary N) is 2. The Morgan fingerprint density at radius 3 is 2.31 bits per heavy atom. The summed E-state index contributed by atoms with van der Waals surface area (Å²) >= 11 is 5.83. The fourth-order valence-corrected chi connectivity index (χ4v) is 2.65. The smallest absolute Gasteiger partial charge is 0.269 e. The van der Waals surface area contributed by atoms with Gasteiger partial charge in [-0.1, -0.05) is 35.9 Å². The van der Waals surface area contributed by atoms with E-state index in [-0.39, 0.29) is 6.42 Å². The average Bonchev–Trinajstić information content (AvgIpc) is 2.72. The van der Waals surface area contributed by atoms with Gasteiger partial charge in [-0.2, -0.15) is 0 Å². The Morgan fingerprint density at radius 1 is 0.897 bits per heavy atom. The molecule has 0 radical (unpaired) electrons. The van der Waals surface area contributed by atoms with Crippen LogP contribution in [0.3, 0.4) is 0 Å². The molecule has 2 N–H and O–H groups in total. The third kappa shape index (κ3) is 6.33. The van der Waals surface area contributed by atoms with Crippen LogP contribution in [0, 0.1) is 5.82 Å². The van der Waals surface area contributed by atoms with E-state index in [1.807, 2.05) is 0 Å². The number of hydrogen-bond donors (Lipinski definition) is 2. The number of amides is 2. The zero-order valence-corrected chi connectivity index (χ0v) is 16.1. The molecule has 0 saturated heterocycles. The first-order valence-corrected chi connectivity index (χ1v) is 9.18. The molecule has 0 heterocycles. The topological polar surface area (TPSA) is 67.4 Å². The molecule has 0 spiro atoms. The summed E-state index contributed by atoms with van der Waals surface area (Å²) in [6, 6.07) is 19.6. The van der Waals surface area contributed by atoms with Crippen molar-refractivity contribution in [1.29, 1.82) is 0 Å². The Hall–Kier alpha value is -3.38. The second-order valence-corrected chi connectivity index (χ2v) is 6.68. The van der Waals surface area contributed by atoms with Crippen LogP contribution in [-0.4, -0.2) is 11.8 Å². The highest BCUT2D eigenvalue weighted by Gasteiger charge is 2.09. The molecule has 7 heteroatoms. The van der Waals surface area contributed by atoms with Gasteiger partial charge in [-0.05, 0) is 59.7 Å². The fourth-order valence-electron chi connectivity index (χ4n) is 2.52. The molecule has 3 aromatic rings. The van der Waals surface area contributed by atoms with E-state index in [0.29, 0.717) is 28.5 Å². The molecule has 0 unspecified atom stereocenters. The Morgan fingerprint density at radius 2 is 1.62 bits per heavy atom. The summed E-state index contributed by atoms with van der Waals surface area (Å²) in [5.74, 6) is -0.628. The summed E-state index contributed by atoms with van der Waals surface area (Å²) in [6.07, 6.45) is -0.0426. The van der Waals surface area contributed by atoms with Gasteiger partial charge in [0.2, 0.25) is 5.91 Å². The quantitative estimate of drug-likeness (QED) is 0.600. The zero-order chi connectivity index (χ0) is 20.6. The van der Waals surface area contributed by atoms with Crippen molar-refractivity contribution in [3.8, 4) is 5.75 Å². The minimum absolute atomic E-state index is 0.0426. The molecule has 0 fully saturated rings. The van der Waals surface area contributed by atoms with Gasteiger partial charge in [-0.3, -0.25) is 20.4 Å². The van der Waals surface area contributed by atoms with E-state index in [4.69, 9.17) is 16.3 Å². The SMILES string of the molecule is O=C(Cc1cccc(F)c1)NNC(=O)c1ccc(COc2ccc(Cl)cc2)cc1. The van der Waals surface area contributed by atoms with Crippen molar-refractivity contribution < 1.29 is 18.7 Å². The molecule has 5 nitrogen and oxygen atoms in total.